The first kappa shape index (κ1) is 25.0. The summed E-state index contributed by atoms with van der Waals surface area (Å²) in [5.74, 6) is -0.185. The number of hydrogen-bond acceptors (Lipinski definition) is 5. The van der Waals surface area contributed by atoms with Crippen LogP contribution in [0.4, 0.5) is 5.69 Å². The van der Waals surface area contributed by atoms with Crippen molar-refractivity contribution in [1.82, 2.24) is 20.1 Å². The molecule has 2 aromatic heterocycles. The number of hydrogen-bond donors (Lipinski definition) is 1. The zero-order valence-corrected chi connectivity index (χ0v) is 23.1. The lowest BCUT2D eigenvalue weighted by Gasteiger charge is -2.17. The van der Waals surface area contributed by atoms with Gasteiger partial charge in [0.15, 0.2) is 5.11 Å². The number of nitrogens with one attached hydrogen (secondary N) is 1. The molecule has 0 bridgehead atoms. The topological polar surface area (TPSA) is 63.1 Å². The fraction of sp³-hybridized carbons (Fsp3) is 0.0968. The average molecular weight is 548 g/mol. The largest absolute Gasteiger partial charge is 0.327 e. The second-order valence-corrected chi connectivity index (χ2v) is 10.5. The van der Waals surface area contributed by atoms with E-state index in [1.807, 2.05) is 84.4 Å². The first-order valence-corrected chi connectivity index (χ1v) is 13.9. The molecule has 3 aromatic carbocycles. The number of fused-ring (bicyclic) bond motifs is 1. The Bertz CT molecular complexity index is 1750. The van der Waals surface area contributed by atoms with E-state index in [9.17, 15) is 4.79 Å². The van der Waals surface area contributed by atoms with Crippen LogP contribution in [0, 0.1) is 6.92 Å². The molecule has 0 saturated carbocycles. The molecule has 0 unspecified atom stereocenters. The van der Waals surface area contributed by atoms with E-state index >= 15 is 0 Å². The van der Waals surface area contributed by atoms with Crippen LogP contribution in [0.2, 0.25) is 0 Å². The molecule has 1 fully saturated rings. The Morgan fingerprint density at radius 1 is 0.974 bits per heavy atom. The maximum absolute atomic E-state index is 13.7. The van der Waals surface area contributed by atoms with Gasteiger partial charge in [0, 0.05) is 22.0 Å². The van der Waals surface area contributed by atoms with Crippen molar-refractivity contribution >= 4 is 57.7 Å². The molecule has 1 aliphatic heterocycles. The summed E-state index contributed by atoms with van der Waals surface area (Å²) in [6.07, 6.45) is 4.47. The standard InChI is InChI=1S/C31H25N5OS2/c1-3-21-11-7-8-16-26(21)35-29(37)25(33-31(35)38)19-24-20(2)34-36(23-14-5-4-6-15-23)30(24)39-27-17-9-12-22-13-10-18-32-28(22)27/h4-19H,3H2,1-2H3,(H,33,38)/b25-19+. The third-order valence-electron chi connectivity index (χ3n) is 6.65. The Labute approximate surface area is 236 Å². The first-order chi connectivity index (χ1) is 19.0. The molecule has 1 saturated heterocycles. The molecule has 3 heterocycles. The van der Waals surface area contributed by atoms with E-state index in [1.54, 1.807) is 22.9 Å². The molecular formula is C31H25N5OS2. The maximum atomic E-state index is 13.7. The van der Waals surface area contributed by atoms with Gasteiger partial charge in [-0.25, -0.2) is 4.68 Å². The number of benzene rings is 3. The van der Waals surface area contributed by atoms with Gasteiger partial charge in [0.2, 0.25) is 0 Å². The van der Waals surface area contributed by atoms with E-state index in [0.29, 0.717) is 10.8 Å². The predicted molar refractivity (Wildman–Crippen MR) is 161 cm³/mol. The highest BCUT2D eigenvalue weighted by Gasteiger charge is 2.33. The van der Waals surface area contributed by atoms with Crippen LogP contribution < -0.4 is 10.2 Å². The summed E-state index contributed by atoms with van der Waals surface area (Å²) in [4.78, 5) is 20.9. The van der Waals surface area contributed by atoms with E-state index in [4.69, 9.17) is 17.3 Å². The van der Waals surface area contributed by atoms with Crippen LogP contribution in [0.15, 0.2) is 107 Å². The average Bonchev–Trinajstić information content (AvgIpc) is 3.43. The van der Waals surface area contributed by atoms with Crippen LogP contribution in [0.1, 0.15) is 23.7 Å². The van der Waals surface area contributed by atoms with Crippen molar-refractivity contribution in [2.45, 2.75) is 30.2 Å². The number of aryl methyl sites for hydroxylation is 2. The van der Waals surface area contributed by atoms with E-state index in [0.717, 1.165) is 55.4 Å². The molecule has 0 atom stereocenters. The van der Waals surface area contributed by atoms with Crippen LogP contribution in [0.3, 0.4) is 0 Å². The van der Waals surface area contributed by atoms with Crippen LogP contribution in [-0.2, 0) is 11.2 Å². The van der Waals surface area contributed by atoms with Crippen molar-refractivity contribution in [3.05, 3.63) is 114 Å². The SMILES string of the molecule is CCc1ccccc1N1C(=O)/C(=C\c2c(C)nn(-c3ccccc3)c2Sc2cccc3cccnc23)NC1=S. The van der Waals surface area contributed by atoms with Crippen molar-refractivity contribution in [2.24, 2.45) is 0 Å². The molecule has 6 nitrogen and oxygen atoms in total. The molecular weight excluding hydrogens is 523 g/mol. The van der Waals surface area contributed by atoms with Crippen molar-refractivity contribution < 1.29 is 4.79 Å². The lowest BCUT2D eigenvalue weighted by atomic mass is 10.1. The normalized spacial score (nSPS) is 14.4. The fourth-order valence-electron chi connectivity index (χ4n) is 4.72. The molecule has 0 aliphatic carbocycles. The number of aromatic nitrogens is 3. The third kappa shape index (κ3) is 4.62. The molecule has 1 amide bonds. The van der Waals surface area contributed by atoms with E-state index in [-0.39, 0.29) is 5.91 Å². The number of rotatable bonds is 6. The summed E-state index contributed by atoms with van der Waals surface area (Å²) in [6, 6.07) is 28.0. The van der Waals surface area contributed by atoms with Gasteiger partial charge in [-0.05, 0) is 67.5 Å². The van der Waals surface area contributed by atoms with E-state index in [2.05, 4.69) is 35.4 Å². The minimum atomic E-state index is -0.185. The van der Waals surface area contributed by atoms with Gasteiger partial charge in [-0.1, -0.05) is 73.3 Å². The molecule has 5 aromatic rings. The van der Waals surface area contributed by atoms with Gasteiger partial charge in [-0.15, -0.1) is 0 Å². The summed E-state index contributed by atoms with van der Waals surface area (Å²) in [7, 11) is 0. The van der Waals surface area contributed by atoms with Crippen molar-refractivity contribution in [3.8, 4) is 5.69 Å². The predicted octanol–water partition coefficient (Wildman–Crippen LogP) is 6.70. The Kier molecular flexibility index (Phi) is 6.72. The molecule has 8 heteroatoms. The van der Waals surface area contributed by atoms with Crippen molar-refractivity contribution in [3.63, 3.8) is 0 Å². The molecule has 1 N–H and O–H groups in total. The quantitative estimate of drug-likeness (QED) is 0.188. The smallest absolute Gasteiger partial charge is 0.281 e. The molecule has 192 valence electrons. The molecule has 6 rings (SSSR count). The van der Waals surface area contributed by atoms with Crippen LogP contribution in [-0.4, -0.2) is 25.8 Å². The number of carbonyl (C=O) groups excluding carboxylic acids is 1. The lowest BCUT2D eigenvalue weighted by Crippen LogP contribution is -2.31. The number of carbonyl (C=O) groups is 1. The molecule has 1 aliphatic rings. The zero-order valence-electron chi connectivity index (χ0n) is 21.5. The summed E-state index contributed by atoms with van der Waals surface area (Å²) >= 11 is 7.21. The fourth-order valence-corrected chi connectivity index (χ4v) is 6.18. The Morgan fingerprint density at radius 2 is 1.74 bits per heavy atom. The molecule has 0 spiro atoms. The number of amides is 1. The monoisotopic (exact) mass is 547 g/mol. The third-order valence-corrected chi connectivity index (χ3v) is 8.07. The Hall–Kier alpha value is -4.27. The maximum Gasteiger partial charge on any atom is 0.281 e. The lowest BCUT2D eigenvalue weighted by molar-refractivity contribution is -0.113. The number of nitrogens with zero attached hydrogens (tertiary/aromatic N) is 4. The minimum Gasteiger partial charge on any atom is -0.327 e. The van der Waals surface area contributed by atoms with E-state index < -0.39 is 0 Å². The molecule has 0 radical (unpaired) electrons. The first-order valence-electron chi connectivity index (χ1n) is 12.7. The van der Waals surface area contributed by atoms with Gasteiger partial charge < -0.3 is 5.32 Å². The van der Waals surface area contributed by atoms with Gasteiger partial charge in [0.1, 0.15) is 10.7 Å². The zero-order chi connectivity index (χ0) is 26.9. The van der Waals surface area contributed by atoms with Gasteiger partial charge in [-0.3, -0.25) is 14.7 Å². The summed E-state index contributed by atoms with van der Waals surface area (Å²) in [5, 5.41) is 10.4. The van der Waals surface area contributed by atoms with Gasteiger partial charge in [-0.2, -0.15) is 5.10 Å². The van der Waals surface area contributed by atoms with Gasteiger partial charge in [0.25, 0.3) is 5.91 Å². The van der Waals surface area contributed by atoms with Crippen LogP contribution in [0.25, 0.3) is 22.7 Å². The molecule has 39 heavy (non-hydrogen) atoms. The number of para-hydroxylation sites is 3. The second kappa shape index (κ2) is 10.5. The summed E-state index contributed by atoms with van der Waals surface area (Å²) in [6.45, 7) is 4.03. The highest BCUT2D eigenvalue weighted by atomic mass is 32.2. The number of pyridine rings is 1. The summed E-state index contributed by atoms with van der Waals surface area (Å²) < 4.78 is 1.93. The highest BCUT2D eigenvalue weighted by Crippen LogP contribution is 2.38. The number of thiocarbonyl (C=S) groups is 1. The van der Waals surface area contributed by atoms with Gasteiger partial charge >= 0.3 is 0 Å². The second-order valence-electron chi connectivity index (χ2n) is 9.10. The Morgan fingerprint density at radius 3 is 2.56 bits per heavy atom. The number of anilines is 1. The Balaban J connectivity index is 1.47. The summed E-state index contributed by atoms with van der Waals surface area (Å²) in [5.41, 5.74) is 5.78. The minimum absolute atomic E-state index is 0.185. The van der Waals surface area contributed by atoms with Crippen molar-refractivity contribution in [1.29, 1.82) is 0 Å². The van der Waals surface area contributed by atoms with E-state index in [1.165, 1.54) is 0 Å². The van der Waals surface area contributed by atoms with Crippen LogP contribution >= 0.6 is 24.0 Å². The highest BCUT2D eigenvalue weighted by molar-refractivity contribution is 7.99. The van der Waals surface area contributed by atoms with Crippen molar-refractivity contribution in [2.75, 3.05) is 4.90 Å². The van der Waals surface area contributed by atoms with Gasteiger partial charge in [0.05, 0.1) is 22.6 Å². The van der Waals surface area contributed by atoms with Crippen LogP contribution in [0.5, 0.6) is 0 Å².